The van der Waals surface area contributed by atoms with Crippen molar-refractivity contribution < 1.29 is 9.66 Å². The predicted octanol–water partition coefficient (Wildman–Crippen LogP) is 7.30. The molecule has 0 bridgehead atoms. The fourth-order valence-corrected chi connectivity index (χ4v) is 5.64. The van der Waals surface area contributed by atoms with Crippen molar-refractivity contribution in [2.24, 2.45) is 5.92 Å². The third-order valence-electron chi connectivity index (χ3n) is 7.15. The van der Waals surface area contributed by atoms with E-state index in [-0.39, 0.29) is 28.5 Å². The summed E-state index contributed by atoms with van der Waals surface area (Å²) in [5.74, 6) is 1.19. The summed E-state index contributed by atoms with van der Waals surface area (Å²) in [7, 11) is 0. The second-order valence-corrected chi connectivity index (χ2v) is 9.62. The normalized spacial score (nSPS) is 19.7. The molecule has 5 nitrogen and oxygen atoms in total. The van der Waals surface area contributed by atoms with Crippen molar-refractivity contribution in [1.82, 2.24) is 0 Å². The SMILES string of the molecule is O=[N+]([O-])c1ccc2c(c1)[C@@H]1c3ccccc3C[C@H]1[C@@H](c1ccc(OCc3ccc(Cl)cc3)cc1)N2. The minimum absolute atomic E-state index is 0.0895. The first-order valence-electron chi connectivity index (χ1n) is 11.7. The number of nitro benzene ring substituents is 1. The molecule has 1 aliphatic carbocycles. The topological polar surface area (TPSA) is 64.4 Å². The first-order chi connectivity index (χ1) is 17.1. The molecule has 1 N–H and O–H groups in total. The lowest BCUT2D eigenvalue weighted by Crippen LogP contribution is -2.30. The number of rotatable bonds is 5. The van der Waals surface area contributed by atoms with E-state index in [1.165, 1.54) is 16.7 Å². The van der Waals surface area contributed by atoms with Gasteiger partial charge in [0.1, 0.15) is 12.4 Å². The Morgan fingerprint density at radius 3 is 2.49 bits per heavy atom. The molecule has 0 spiro atoms. The van der Waals surface area contributed by atoms with Crippen LogP contribution in [-0.4, -0.2) is 4.92 Å². The Kier molecular flexibility index (Phi) is 5.42. The van der Waals surface area contributed by atoms with Gasteiger partial charge in [0.2, 0.25) is 0 Å². The summed E-state index contributed by atoms with van der Waals surface area (Å²) in [6.07, 6.45) is 0.926. The maximum Gasteiger partial charge on any atom is 0.269 e. The molecule has 0 radical (unpaired) electrons. The summed E-state index contributed by atoms with van der Waals surface area (Å²) in [4.78, 5) is 11.2. The van der Waals surface area contributed by atoms with Crippen LogP contribution in [-0.2, 0) is 13.0 Å². The molecule has 35 heavy (non-hydrogen) atoms. The monoisotopic (exact) mass is 482 g/mol. The zero-order chi connectivity index (χ0) is 23.9. The average molecular weight is 483 g/mol. The molecule has 0 amide bonds. The number of anilines is 1. The lowest BCUT2D eigenvalue weighted by molar-refractivity contribution is -0.384. The number of benzene rings is 4. The molecule has 4 aromatic rings. The molecule has 174 valence electrons. The van der Waals surface area contributed by atoms with Crippen molar-refractivity contribution in [3.63, 3.8) is 0 Å². The van der Waals surface area contributed by atoms with Gasteiger partial charge in [0.15, 0.2) is 0 Å². The largest absolute Gasteiger partial charge is 0.489 e. The van der Waals surface area contributed by atoms with Gasteiger partial charge in [0, 0.05) is 28.8 Å². The van der Waals surface area contributed by atoms with Crippen LogP contribution in [0, 0.1) is 16.0 Å². The molecule has 0 unspecified atom stereocenters. The van der Waals surface area contributed by atoms with Crippen LogP contribution in [0.3, 0.4) is 0 Å². The van der Waals surface area contributed by atoms with Crippen molar-refractivity contribution in [3.8, 4) is 5.75 Å². The van der Waals surface area contributed by atoms with Crippen LogP contribution in [0.4, 0.5) is 11.4 Å². The second-order valence-electron chi connectivity index (χ2n) is 9.18. The van der Waals surface area contributed by atoms with Gasteiger partial charge in [-0.3, -0.25) is 10.1 Å². The fraction of sp³-hybridized carbons (Fsp3) is 0.172. The Hall–Kier alpha value is -3.83. The van der Waals surface area contributed by atoms with Gasteiger partial charge in [0.25, 0.3) is 5.69 Å². The van der Waals surface area contributed by atoms with Gasteiger partial charge >= 0.3 is 0 Å². The molecule has 1 heterocycles. The molecule has 3 atom stereocenters. The maximum absolute atomic E-state index is 11.5. The lowest BCUT2D eigenvalue weighted by atomic mass is 9.75. The Bertz CT molecular complexity index is 1400. The van der Waals surface area contributed by atoms with Gasteiger partial charge in [0.05, 0.1) is 11.0 Å². The number of hydrogen-bond acceptors (Lipinski definition) is 4. The van der Waals surface area contributed by atoms with Crippen LogP contribution >= 0.6 is 11.6 Å². The number of nitrogens with zero attached hydrogens (tertiary/aromatic N) is 1. The first kappa shape index (κ1) is 21.7. The van der Waals surface area contributed by atoms with Gasteiger partial charge in [-0.1, -0.05) is 60.1 Å². The van der Waals surface area contributed by atoms with Crippen LogP contribution in [0.15, 0.2) is 91.0 Å². The zero-order valence-corrected chi connectivity index (χ0v) is 19.6. The van der Waals surface area contributed by atoms with Crippen molar-refractivity contribution in [1.29, 1.82) is 0 Å². The van der Waals surface area contributed by atoms with Crippen LogP contribution < -0.4 is 10.1 Å². The van der Waals surface area contributed by atoms with Crippen LogP contribution in [0.5, 0.6) is 5.75 Å². The van der Waals surface area contributed by atoms with Gasteiger partial charge in [-0.15, -0.1) is 0 Å². The average Bonchev–Trinajstić information content (AvgIpc) is 3.28. The molecule has 6 heteroatoms. The molecule has 0 saturated carbocycles. The quantitative estimate of drug-likeness (QED) is 0.239. The molecule has 2 aliphatic rings. The van der Waals surface area contributed by atoms with Gasteiger partial charge < -0.3 is 10.1 Å². The smallest absolute Gasteiger partial charge is 0.269 e. The van der Waals surface area contributed by atoms with Gasteiger partial charge in [-0.05, 0) is 70.5 Å². The number of fused-ring (bicyclic) bond motifs is 5. The lowest BCUT2D eigenvalue weighted by Gasteiger charge is -2.38. The Labute approximate surface area is 208 Å². The van der Waals surface area contributed by atoms with E-state index in [9.17, 15) is 10.1 Å². The van der Waals surface area contributed by atoms with Crippen LogP contribution in [0.2, 0.25) is 5.02 Å². The zero-order valence-electron chi connectivity index (χ0n) is 18.9. The van der Waals surface area contributed by atoms with E-state index in [0.717, 1.165) is 29.0 Å². The van der Waals surface area contributed by atoms with E-state index < -0.39 is 0 Å². The van der Waals surface area contributed by atoms with E-state index in [1.807, 2.05) is 42.5 Å². The molecule has 6 rings (SSSR count). The second kappa shape index (κ2) is 8.75. The molecule has 4 aromatic carbocycles. The van der Waals surface area contributed by atoms with Gasteiger partial charge in [-0.2, -0.15) is 0 Å². The fourth-order valence-electron chi connectivity index (χ4n) is 5.51. The van der Waals surface area contributed by atoms with E-state index in [1.54, 1.807) is 12.1 Å². The number of hydrogen-bond donors (Lipinski definition) is 1. The Morgan fingerprint density at radius 2 is 1.71 bits per heavy atom. The first-order valence-corrected chi connectivity index (χ1v) is 12.0. The highest BCUT2D eigenvalue weighted by Crippen LogP contribution is 2.54. The summed E-state index contributed by atoms with van der Waals surface area (Å²) in [6, 6.07) is 29.6. The number of ether oxygens (including phenoxy) is 1. The highest BCUT2D eigenvalue weighted by molar-refractivity contribution is 6.30. The standard InChI is InChI=1S/C29H23ClN2O3/c30-21-9-5-18(6-10-21)17-35-23-12-7-19(8-13-23)29-26-15-20-3-1-2-4-24(20)28(26)25-16-22(32(33)34)11-14-27(25)31-29/h1-14,16,26,28-29,31H,15,17H2/t26-,28+,29-/m1/s1. The number of non-ortho nitro benzene ring substituents is 1. The van der Waals surface area contributed by atoms with Crippen LogP contribution in [0.25, 0.3) is 0 Å². The Balaban J connectivity index is 1.29. The molecular weight excluding hydrogens is 460 g/mol. The maximum atomic E-state index is 11.5. The van der Waals surface area contributed by atoms with Crippen molar-refractivity contribution >= 4 is 23.0 Å². The van der Waals surface area contributed by atoms with Crippen molar-refractivity contribution in [2.45, 2.75) is 25.0 Å². The highest BCUT2D eigenvalue weighted by Gasteiger charge is 2.43. The van der Waals surface area contributed by atoms with Crippen molar-refractivity contribution in [2.75, 3.05) is 5.32 Å². The number of nitrogens with one attached hydrogen (secondary N) is 1. The summed E-state index contributed by atoms with van der Waals surface area (Å²) in [6.45, 7) is 0.477. The third-order valence-corrected chi connectivity index (χ3v) is 7.40. The van der Waals surface area contributed by atoms with E-state index in [4.69, 9.17) is 16.3 Å². The van der Waals surface area contributed by atoms with E-state index >= 15 is 0 Å². The summed E-state index contributed by atoms with van der Waals surface area (Å²) < 4.78 is 5.98. The molecule has 1 aliphatic heterocycles. The van der Waals surface area contributed by atoms with Crippen molar-refractivity contribution in [3.05, 3.63) is 134 Å². The van der Waals surface area contributed by atoms with Crippen LogP contribution in [0.1, 0.15) is 39.8 Å². The minimum Gasteiger partial charge on any atom is -0.489 e. The minimum atomic E-state index is -0.314. The molecule has 0 fully saturated rings. The predicted molar refractivity (Wildman–Crippen MR) is 137 cm³/mol. The molecular formula is C29H23ClN2O3. The number of halogens is 1. The summed E-state index contributed by atoms with van der Waals surface area (Å²) >= 11 is 5.96. The third kappa shape index (κ3) is 4.02. The van der Waals surface area contributed by atoms with E-state index in [0.29, 0.717) is 11.6 Å². The Morgan fingerprint density at radius 1 is 0.943 bits per heavy atom. The molecule has 0 saturated heterocycles. The summed E-state index contributed by atoms with van der Waals surface area (Å²) in [5.41, 5.74) is 6.93. The summed E-state index contributed by atoms with van der Waals surface area (Å²) in [5, 5.41) is 15.9. The molecule has 0 aromatic heterocycles. The van der Waals surface area contributed by atoms with E-state index in [2.05, 4.69) is 41.7 Å². The van der Waals surface area contributed by atoms with Gasteiger partial charge in [-0.25, -0.2) is 0 Å². The number of nitro groups is 1. The highest BCUT2D eigenvalue weighted by atomic mass is 35.5.